The maximum atomic E-state index is 13.2. The van der Waals surface area contributed by atoms with Crippen LogP contribution in [-0.4, -0.2) is 14.2 Å². The Morgan fingerprint density at radius 1 is 1.00 bits per heavy atom. The van der Waals surface area contributed by atoms with Gasteiger partial charge in [-0.2, -0.15) is 5.26 Å². The molecule has 0 aromatic heterocycles. The fourth-order valence-corrected chi connectivity index (χ4v) is 1.78. The van der Waals surface area contributed by atoms with E-state index in [0.717, 1.165) is 0 Å². The lowest BCUT2D eigenvalue weighted by molar-refractivity contribution is 0.300. The standard InChI is InChI=1S/C16H14FNO3/c1-19-13-6-14(20-2)8-15(7-13)21-10-11-3-4-16(17)12(5-11)9-18/h3-8H,10H2,1-2H3. The second-order valence-electron chi connectivity index (χ2n) is 4.26. The van der Waals surface area contributed by atoms with Gasteiger partial charge in [-0.05, 0) is 17.7 Å². The third kappa shape index (κ3) is 3.63. The van der Waals surface area contributed by atoms with Crippen molar-refractivity contribution in [2.75, 3.05) is 14.2 Å². The molecule has 0 aliphatic rings. The number of hydrogen-bond donors (Lipinski definition) is 0. The minimum atomic E-state index is -0.538. The monoisotopic (exact) mass is 287 g/mol. The largest absolute Gasteiger partial charge is 0.496 e. The van der Waals surface area contributed by atoms with E-state index < -0.39 is 5.82 Å². The summed E-state index contributed by atoms with van der Waals surface area (Å²) in [6.45, 7) is 0.214. The van der Waals surface area contributed by atoms with Crippen molar-refractivity contribution in [1.29, 1.82) is 5.26 Å². The Hall–Kier alpha value is -2.74. The Morgan fingerprint density at radius 3 is 2.19 bits per heavy atom. The second kappa shape index (κ2) is 6.62. The van der Waals surface area contributed by atoms with Gasteiger partial charge in [0.25, 0.3) is 0 Å². The minimum Gasteiger partial charge on any atom is -0.496 e. The number of ether oxygens (including phenoxy) is 3. The Morgan fingerprint density at radius 2 is 1.62 bits per heavy atom. The molecule has 4 nitrogen and oxygen atoms in total. The molecule has 0 N–H and O–H groups in total. The Labute approximate surface area is 122 Å². The van der Waals surface area contributed by atoms with E-state index in [-0.39, 0.29) is 12.2 Å². The number of nitriles is 1. The number of nitrogens with zero attached hydrogens (tertiary/aromatic N) is 1. The topological polar surface area (TPSA) is 51.5 Å². The summed E-state index contributed by atoms with van der Waals surface area (Å²) in [5.74, 6) is 1.25. The Balaban J connectivity index is 2.14. The zero-order valence-electron chi connectivity index (χ0n) is 11.7. The molecule has 5 heteroatoms. The number of rotatable bonds is 5. The molecule has 0 amide bonds. The zero-order chi connectivity index (χ0) is 15.2. The van der Waals surface area contributed by atoms with Gasteiger partial charge in [-0.3, -0.25) is 0 Å². The van der Waals surface area contributed by atoms with Gasteiger partial charge in [-0.1, -0.05) is 6.07 Å². The van der Waals surface area contributed by atoms with Gasteiger partial charge in [0, 0.05) is 18.2 Å². The van der Waals surface area contributed by atoms with Crippen LogP contribution in [0.25, 0.3) is 0 Å². The number of benzene rings is 2. The molecule has 0 heterocycles. The van der Waals surface area contributed by atoms with Gasteiger partial charge in [-0.25, -0.2) is 4.39 Å². The van der Waals surface area contributed by atoms with Gasteiger partial charge in [0.1, 0.15) is 35.7 Å². The van der Waals surface area contributed by atoms with Crippen molar-refractivity contribution < 1.29 is 18.6 Å². The van der Waals surface area contributed by atoms with Crippen LogP contribution in [0.2, 0.25) is 0 Å². The summed E-state index contributed by atoms with van der Waals surface area (Å²) in [4.78, 5) is 0. The molecular weight excluding hydrogens is 273 g/mol. The first-order chi connectivity index (χ1) is 10.2. The van der Waals surface area contributed by atoms with Gasteiger partial charge in [0.2, 0.25) is 0 Å². The van der Waals surface area contributed by atoms with Crippen molar-refractivity contribution >= 4 is 0 Å². The summed E-state index contributed by atoms with van der Waals surface area (Å²) in [5, 5.41) is 8.80. The molecule has 0 aliphatic carbocycles. The maximum Gasteiger partial charge on any atom is 0.140 e. The fourth-order valence-electron chi connectivity index (χ4n) is 1.78. The Bertz CT molecular complexity index is 657. The molecule has 0 radical (unpaired) electrons. The highest BCUT2D eigenvalue weighted by Crippen LogP contribution is 2.28. The molecule has 0 saturated heterocycles. The number of halogens is 1. The molecule has 2 aromatic carbocycles. The van der Waals surface area contributed by atoms with E-state index in [1.54, 1.807) is 44.6 Å². The van der Waals surface area contributed by atoms with Crippen LogP contribution >= 0.6 is 0 Å². The van der Waals surface area contributed by atoms with Crippen molar-refractivity contribution in [3.63, 3.8) is 0 Å². The molecule has 0 saturated carbocycles. The van der Waals surface area contributed by atoms with E-state index >= 15 is 0 Å². The number of methoxy groups -OCH3 is 2. The average Bonchev–Trinajstić information content (AvgIpc) is 2.53. The predicted molar refractivity (Wildman–Crippen MR) is 75.0 cm³/mol. The van der Waals surface area contributed by atoms with E-state index in [2.05, 4.69) is 0 Å². The van der Waals surface area contributed by atoms with Crippen LogP contribution in [0, 0.1) is 17.1 Å². The van der Waals surface area contributed by atoms with Gasteiger partial charge in [-0.15, -0.1) is 0 Å². The second-order valence-corrected chi connectivity index (χ2v) is 4.26. The molecule has 2 aromatic rings. The van der Waals surface area contributed by atoms with Crippen LogP contribution in [0.1, 0.15) is 11.1 Å². The van der Waals surface area contributed by atoms with Crippen LogP contribution in [0.5, 0.6) is 17.2 Å². The van der Waals surface area contributed by atoms with Crippen molar-refractivity contribution in [2.45, 2.75) is 6.61 Å². The molecule has 0 spiro atoms. The lowest BCUT2D eigenvalue weighted by atomic mass is 10.1. The summed E-state index contributed by atoms with van der Waals surface area (Å²) in [6, 6.07) is 11.3. The molecule has 2 rings (SSSR count). The van der Waals surface area contributed by atoms with E-state index in [1.807, 2.05) is 0 Å². The summed E-state index contributed by atoms with van der Waals surface area (Å²) in [5.41, 5.74) is 0.703. The fraction of sp³-hybridized carbons (Fsp3) is 0.188. The van der Waals surface area contributed by atoms with E-state index in [0.29, 0.717) is 22.8 Å². The third-order valence-electron chi connectivity index (χ3n) is 2.88. The molecule has 0 aliphatic heterocycles. The SMILES string of the molecule is COc1cc(OC)cc(OCc2ccc(F)c(C#N)c2)c1. The molecule has 21 heavy (non-hydrogen) atoms. The van der Waals surface area contributed by atoms with E-state index in [4.69, 9.17) is 19.5 Å². The lowest BCUT2D eigenvalue weighted by Crippen LogP contribution is -1.98. The smallest absolute Gasteiger partial charge is 0.140 e. The third-order valence-corrected chi connectivity index (χ3v) is 2.88. The maximum absolute atomic E-state index is 13.2. The van der Waals surface area contributed by atoms with Gasteiger partial charge in [0.05, 0.1) is 19.8 Å². The lowest BCUT2D eigenvalue weighted by Gasteiger charge is -2.10. The van der Waals surface area contributed by atoms with Gasteiger partial charge < -0.3 is 14.2 Å². The predicted octanol–water partition coefficient (Wildman–Crippen LogP) is 3.29. The molecule has 0 unspecified atom stereocenters. The molecular formula is C16H14FNO3. The molecule has 108 valence electrons. The normalized spacial score (nSPS) is 9.81. The van der Waals surface area contributed by atoms with E-state index in [1.165, 1.54) is 12.1 Å². The highest BCUT2D eigenvalue weighted by Gasteiger charge is 2.06. The van der Waals surface area contributed by atoms with Crippen LogP contribution in [-0.2, 0) is 6.61 Å². The minimum absolute atomic E-state index is 0.000627. The summed E-state index contributed by atoms with van der Waals surface area (Å²) < 4.78 is 29.2. The highest BCUT2D eigenvalue weighted by molar-refractivity contribution is 5.42. The van der Waals surface area contributed by atoms with Crippen molar-refractivity contribution in [3.8, 4) is 23.3 Å². The van der Waals surface area contributed by atoms with Crippen molar-refractivity contribution in [2.24, 2.45) is 0 Å². The summed E-state index contributed by atoms with van der Waals surface area (Å²) in [7, 11) is 3.11. The van der Waals surface area contributed by atoms with Crippen LogP contribution in [0.3, 0.4) is 0 Å². The van der Waals surface area contributed by atoms with Gasteiger partial charge in [0.15, 0.2) is 0 Å². The van der Waals surface area contributed by atoms with Crippen LogP contribution in [0.15, 0.2) is 36.4 Å². The number of hydrogen-bond acceptors (Lipinski definition) is 4. The first kappa shape index (κ1) is 14.7. The summed E-state index contributed by atoms with van der Waals surface area (Å²) >= 11 is 0. The highest BCUT2D eigenvalue weighted by atomic mass is 19.1. The average molecular weight is 287 g/mol. The first-order valence-corrected chi connectivity index (χ1v) is 6.20. The van der Waals surface area contributed by atoms with Crippen molar-refractivity contribution in [1.82, 2.24) is 0 Å². The zero-order valence-corrected chi connectivity index (χ0v) is 11.7. The first-order valence-electron chi connectivity index (χ1n) is 6.20. The summed E-state index contributed by atoms with van der Waals surface area (Å²) in [6.07, 6.45) is 0. The quantitative estimate of drug-likeness (QED) is 0.846. The van der Waals surface area contributed by atoms with Crippen molar-refractivity contribution in [3.05, 3.63) is 53.3 Å². The molecule has 0 fully saturated rings. The molecule has 0 bridgehead atoms. The van der Waals surface area contributed by atoms with E-state index in [9.17, 15) is 4.39 Å². The Kier molecular flexibility index (Phi) is 4.62. The molecule has 0 atom stereocenters. The van der Waals surface area contributed by atoms with Gasteiger partial charge >= 0.3 is 0 Å². The van der Waals surface area contributed by atoms with Crippen LogP contribution < -0.4 is 14.2 Å². The van der Waals surface area contributed by atoms with Crippen LogP contribution in [0.4, 0.5) is 4.39 Å².